The maximum absolute atomic E-state index is 14.0. The van der Waals surface area contributed by atoms with Crippen LogP contribution in [0.2, 0.25) is 0 Å². The highest BCUT2D eigenvalue weighted by molar-refractivity contribution is 5.78. The van der Waals surface area contributed by atoms with Crippen molar-refractivity contribution in [3.8, 4) is 11.5 Å². The van der Waals surface area contributed by atoms with Gasteiger partial charge in [-0.3, -0.25) is 14.5 Å². The van der Waals surface area contributed by atoms with E-state index in [0.29, 0.717) is 24.9 Å². The van der Waals surface area contributed by atoms with Gasteiger partial charge in [-0.2, -0.15) is 0 Å². The number of carbonyl (C=O) groups excluding carboxylic acids is 2. The number of Topliss-reactive ketones (excluding diaryl/α,β-unsaturated/α-hetero) is 1. The van der Waals surface area contributed by atoms with Gasteiger partial charge >= 0.3 is 0 Å². The van der Waals surface area contributed by atoms with Crippen LogP contribution in [0.25, 0.3) is 0 Å². The van der Waals surface area contributed by atoms with Crippen LogP contribution in [0, 0.1) is 5.92 Å². The second kappa shape index (κ2) is 12.4. The van der Waals surface area contributed by atoms with E-state index in [4.69, 9.17) is 9.47 Å². The number of nitrogens with zero attached hydrogens (tertiary/aromatic N) is 2. The molecule has 1 saturated carbocycles. The second-order valence-corrected chi connectivity index (χ2v) is 13.1. The van der Waals surface area contributed by atoms with Gasteiger partial charge in [0.05, 0.1) is 19.7 Å². The molecule has 1 saturated heterocycles. The third-order valence-corrected chi connectivity index (χ3v) is 10.7. The molecule has 42 heavy (non-hydrogen) atoms. The van der Waals surface area contributed by atoms with Crippen molar-refractivity contribution in [1.29, 1.82) is 0 Å². The van der Waals surface area contributed by atoms with Crippen molar-refractivity contribution in [1.82, 2.24) is 9.80 Å². The molecule has 2 aliphatic carbocycles. The molecule has 2 aliphatic heterocycles. The number of likely N-dealkylation sites (tertiary alicyclic amines) is 1. The van der Waals surface area contributed by atoms with Gasteiger partial charge in [0.15, 0.2) is 11.5 Å². The van der Waals surface area contributed by atoms with E-state index in [2.05, 4.69) is 59.2 Å². The summed E-state index contributed by atoms with van der Waals surface area (Å²) in [6.07, 6.45) is 10.7. The van der Waals surface area contributed by atoms with E-state index >= 15 is 0 Å². The van der Waals surface area contributed by atoms with Crippen LogP contribution in [0.3, 0.4) is 0 Å². The molecule has 2 fully saturated rings. The summed E-state index contributed by atoms with van der Waals surface area (Å²) in [5.74, 6) is 2.67. The number of aryl methyl sites for hydroxylation is 1. The lowest BCUT2D eigenvalue weighted by Gasteiger charge is -2.60. The first-order valence-corrected chi connectivity index (χ1v) is 16.4. The number of amides is 1. The highest BCUT2D eigenvalue weighted by atomic mass is 16.5. The number of rotatable bonds is 13. The van der Waals surface area contributed by atoms with Gasteiger partial charge in [0.25, 0.3) is 0 Å². The highest BCUT2D eigenvalue weighted by Gasteiger charge is 2.66. The molecule has 1 amide bonds. The summed E-state index contributed by atoms with van der Waals surface area (Å²) in [5, 5.41) is 0. The van der Waals surface area contributed by atoms with Gasteiger partial charge in [0, 0.05) is 30.0 Å². The van der Waals surface area contributed by atoms with E-state index in [0.717, 1.165) is 88.8 Å². The molecule has 6 rings (SSSR count). The molecule has 2 aromatic carbocycles. The van der Waals surface area contributed by atoms with Crippen molar-refractivity contribution in [3.63, 3.8) is 0 Å². The minimum atomic E-state index is -0.126. The molecule has 6 nitrogen and oxygen atoms in total. The molecule has 2 aromatic rings. The number of hydrogen-bond acceptors (Lipinski definition) is 5. The normalized spacial score (nSPS) is 27.2. The van der Waals surface area contributed by atoms with Gasteiger partial charge < -0.3 is 14.4 Å². The average Bonchev–Trinajstić information content (AvgIpc) is 3.34. The van der Waals surface area contributed by atoms with Gasteiger partial charge in [0.2, 0.25) is 5.91 Å². The Labute approximate surface area is 251 Å². The number of benzene rings is 2. The molecule has 0 aromatic heterocycles. The number of carbonyl (C=O) groups is 2. The summed E-state index contributed by atoms with van der Waals surface area (Å²) < 4.78 is 12.9. The fourth-order valence-electron chi connectivity index (χ4n) is 8.92. The summed E-state index contributed by atoms with van der Waals surface area (Å²) in [5.41, 5.74) is 3.94. The van der Waals surface area contributed by atoms with Gasteiger partial charge in [-0.1, -0.05) is 56.2 Å². The Morgan fingerprint density at radius 3 is 2.67 bits per heavy atom. The topological polar surface area (TPSA) is 59.1 Å². The Balaban J connectivity index is 1.24. The van der Waals surface area contributed by atoms with E-state index in [1.807, 2.05) is 0 Å². The Morgan fingerprint density at radius 1 is 1.07 bits per heavy atom. The van der Waals surface area contributed by atoms with Crippen LogP contribution in [0.4, 0.5) is 0 Å². The fourth-order valence-corrected chi connectivity index (χ4v) is 8.92. The van der Waals surface area contributed by atoms with E-state index < -0.39 is 0 Å². The molecule has 4 aliphatic rings. The zero-order chi connectivity index (χ0) is 29.3. The standard InChI is InChI=1S/C36H48N2O4/c1-4-5-21-38(32(40)15-11-7-10-14-26-12-8-6-9-13-26)29-18-17-28-30-23-27-16-19-31(41-3)34-33(27)36(28,35(29)42-34)20-22-37(30)24-25(2)39/h6,8-9,12-13,16,19,28-30,35H,4-5,7,10-11,14-15,17-18,20-24H2,1-3H3/t28-,29-,30+,35-,36-/m0/s1. The van der Waals surface area contributed by atoms with Crippen LogP contribution >= 0.6 is 0 Å². The quantitative estimate of drug-likeness (QED) is 0.271. The lowest BCUT2D eigenvalue weighted by atomic mass is 9.51. The third-order valence-electron chi connectivity index (χ3n) is 10.7. The zero-order valence-corrected chi connectivity index (χ0v) is 25.8. The van der Waals surface area contributed by atoms with Gasteiger partial charge in [-0.15, -0.1) is 0 Å². The van der Waals surface area contributed by atoms with Crippen molar-refractivity contribution in [2.45, 2.75) is 108 Å². The molecule has 1 spiro atoms. The molecule has 0 unspecified atom stereocenters. The van der Waals surface area contributed by atoms with Crippen LogP contribution in [0.5, 0.6) is 11.5 Å². The van der Waals surface area contributed by atoms with Crippen molar-refractivity contribution >= 4 is 11.7 Å². The first-order valence-electron chi connectivity index (χ1n) is 16.4. The number of piperidine rings is 1. The highest BCUT2D eigenvalue weighted by Crippen LogP contribution is 2.64. The Hall–Kier alpha value is -2.86. The first-order chi connectivity index (χ1) is 20.5. The van der Waals surface area contributed by atoms with Crippen molar-refractivity contribution < 1.29 is 19.1 Å². The van der Waals surface area contributed by atoms with Crippen LogP contribution in [-0.2, 0) is 27.8 Å². The summed E-state index contributed by atoms with van der Waals surface area (Å²) >= 11 is 0. The largest absolute Gasteiger partial charge is 0.493 e. The molecule has 226 valence electrons. The fraction of sp³-hybridized carbons (Fsp3) is 0.611. The summed E-state index contributed by atoms with van der Waals surface area (Å²) in [6.45, 7) is 6.13. The SMILES string of the molecule is CCCCN(C(=O)CCCCCc1ccccc1)[C@H]1CC[C@H]2[C@H]3Cc4ccc(OC)c5c4[C@@]2(CCN3CC(C)=O)[C@H]1O5. The molecule has 6 heteroatoms. The molecule has 2 heterocycles. The van der Waals surface area contributed by atoms with Crippen LogP contribution in [0.15, 0.2) is 42.5 Å². The van der Waals surface area contributed by atoms with E-state index in [1.54, 1.807) is 14.0 Å². The number of methoxy groups -OCH3 is 1. The van der Waals surface area contributed by atoms with Crippen LogP contribution in [0.1, 0.15) is 88.3 Å². The van der Waals surface area contributed by atoms with E-state index in [1.165, 1.54) is 16.7 Å². The monoisotopic (exact) mass is 572 g/mol. The average molecular weight is 573 g/mol. The minimum Gasteiger partial charge on any atom is -0.493 e. The Kier molecular flexibility index (Phi) is 8.63. The predicted molar refractivity (Wildman–Crippen MR) is 165 cm³/mol. The predicted octanol–water partition coefficient (Wildman–Crippen LogP) is 6.12. The number of ketones is 1. The Morgan fingerprint density at radius 2 is 1.90 bits per heavy atom. The smallest absolute Gasteiger partial charge is 0.222 e. The Bertz CT molecular complexity index is 1280. The van der Waals surface area contributed by atoms with Gasteiger partial charge in [0.1, 0.15) is 11.9 Å². The maximum Gasteiger partial charge on any atom is 0.222 e. The van der Waals surface area contributed by atoms with Crippen LogP contribution < -0.4 is 9.47 Å². The van der Waals surface area contributed by atoms with Crippen LogP contribution in [-0.4, -0.2) is 66.4 Å². The first kappa shape index (κ1) is 29.2. The zero-order valence-electron chi connectivity index (χ0n) is 25.8. The molecular weight excluding hydrogens is 524 g/mol. The number of unbranched alkanes of at least 4 members (excludes halogenated alkanes) is 3. The van der Waals surface area contributed by atoms with Crippen molar-refractivity contribution in [3.05, 3.63) is 59.2 Å². The number of hydrogen-bond donors (Lipinski definition) is 0. The van der Waals surface area contributed by atoms with Crippen molar-refractivity contribution in [2.75, 3.05) is 26.7 Å². The molecule has 0 N–H and O–H groups in total. The minimum absolute atomic E-state index is 0.0627. The molecule has 5 atom stereocenters. The lowest BCUT2D eigenvalue weighted by molar-refractivity contribution is -0.143. The van der Waals surface area contributed by atoms with E-state index in [-0.39, 0.29) is 29.3 Å². The molecule has 2 bridgehead atoms. The summed E-state index contributed by atoms with van der Waals surface area (Å²) in [7, 11) is 1.73. The summed E-state index contributed by atoms with van der Waals surface area (Å²) in [6, 6.07) is 15.3. The number of ether oxygens (including phenoxy) is 2. The van der Waals surface area contributed by atoms with Crippen molar-refractivity contribution in [2.24, 2.45) is 5.92 Å². The molecule has 0 radical (unpaired) electrons. The van der Waals surface area contributed by atoms with Gasteiger partial charge in [-0.05, 0) is 87.9 Å². The van der Waals surface area contributed by atoms with E-state index in [9.17, 15) is 9.59 Å². The van der Waals surface area contributed by atoms with Gasteiger partial charge in [-0.25, -0.2) is 0 Å². The summed E-state index contributed by atoms with van der Waals surface area (Å²) in [4.78, 5) is 30.9. The maximum atomic E-state index is 14.0. The lowest BCUT2D eigenvalue weighted by Crippen LogP contribution is -2.69. The third kappa shape index (κ3) is 5.14. The molecular formula is C36H48N2O4. The second-order valence-electron chi connectivity index (χ2n) is 13.1.